The van der Waals surface area contributed by atoms with E-state index in [4.69, 9.17) is 10.5 Å². The van der Waals surface area contributed by atoms with Gasteiger partial charge >= 0.3 is 6.01 Å². The molecule has 102 valence electrons. The molecule has 0 aliphatic carbocycles. The second-order valence-corrected chi connectivity index (χ2v) is 4.52. The lowest BCUT2D eigenvalue weighted by molar-refractivity contribution is 0.438. The van der Waals surface area contributed by atoms with Crippen LogP contribution in [0.4, 0.5) is 11.9 Å². The lowest BCUT2D eigenvalue weighted by atomic mass is 10.4. The molecule has 0 atom stereocenters. The maximum absolute atomic E-state index is 5.61. The predicted octanol–water partition coefficient (Wildman–Crippen LogP) is 1.09. The van der Waals surface area contributed by atoms with E-state index in [1.165, 1.54) is 0 Å². The van der Waals surface area contributed by atoms with E-state index in [2.05, 4.69) is 20.1 Å². The number of nitrogens with two attached hydrogens (primary N) is 1. The van der Waals surface area contributed by atoms with Crippen molar-refractivity contribution in [1.82, 2.24) is 24.7 Å². The number of aromatic nitrogens is 5. The molecule has 2 heterocycles. The summed E-state index contributed by atoms with van der Waals surface area (Å²) in [5.74, 6) is 1.12. The molecule has 8 heteroatoms. The lowest BCUT2D eigenvalue weighted by Crippen LogP contribution is -2.15. The Bertz CT molecular complexity index is 564. The molecule has 2 aromatic rings. The van der Waals surface area contributed by atoms with Gasteiger partial charge in [-0.2, -0.15) is 20.1 Å². The van der Waals surface area contributed by atoms with Gasteiger partial charge in [-0.1, -0.05) is 0 Å². The number of rotatable bonds is 4. The monoisotopic (exact) mass is 263 g/mol. The maximum Gasteiger partial charge on any atom is 0.328 e. The van der Waals surface area contributed by atoms with Gasteiger partial charge in [0, 0.05) is 20.1 Å². The highest BCUT2D eigenvalue weighted by molar-refractivity contribution is 5.34. The summed E-state index contributed by atoms with van der Waals surface area (Å²) in [7, 11) is 3.63. The van der Waals surface area contributed by atoms with Crippen LogP contribution in [-0.2, 0) is 0 Å². The average molecular weight is 263 g/mol. The molecule has 8 nitrogen and oxygen atoms in total. The van der Waals surface area contributed by atoms with Gasteiger partial charge in [0.05, 0.1) is 12.4 Å². The third-order valence-electron chi connectivity index (χ3n) is 2.34. The van der Waals surface area contributed by atoms with Crippen LogP contribution in [0.15, 0.2) is 12.4 Å². The van der Waals surface area contributed by atoms with Crippen molar-refractivity contribution < 1.29 is 4.74 Å². The fourth-order valence-corrected chi connectivity index (χ4v) is 1.37. The molecule has 0 unspecified atom stereocenters. The Hall–Kier alpha value is -2.38. The highest BCUT2D eigenvalue weighted by Gasteiger charge is 2.10. The quantitative estimate of drug-likeness (QED) is 0.882. The van der Waals surface area contributed by atoms with Crippen LogP contribution in [0.2, 0.25) is 0 Å². The summed E-state index contributed by atoms with van der Waals surface area (Å²) in [4.78, 5) is 13.8. The smallest absolute Gasteiger partial charge is 0.328 e. The van der Waals surface area contributed by atoms with Gasteiger partial charge in [-0.3, -0.25) is 4.68 Å². The van der Waals surface area contributed by atoms with Gasteiger partial charge in [-0.25, -0.2) is 0 Å². The molecule has 0 spiro atoms. The van der Waals surface area contributed by atoms with E-state index in [0.29, 0.717) is 11.7 Å². The van der Waals surface area contributed by atoms with Gasteiger partial charge in [-0.15, -0.1) is 0 Å². The van der Waals surface area contributed by atoms with Crippen LogP contribution in [0.1, 0.15) is 19.9 Å². The Morgan fingerprint density at radius 3 is 2.58 bits per heavy atom. The molecule has 0 aliphatic rings. The summed E-state index contributed by atoms with van der Waals surface area (Å²) >= 11 is 0. The van der Waals surface area contributed by atoms with Crippen molar-refractivity contribution in [2.45, 2.75) is 19.9 Å². The van der Waals surface area contributed by atoms with Crippen LogP contribution in [0.3, 0.4) is 0 Å². The van der Waals surface area contributed by atoms with Crippen LogP contribution in [0.5, 0.6) is 11.8 Å². The summed E-state index contributed by atoms with van der Waals surface area (Å²) in [6.45, 7) is 4.06. The first-order chi connectivity index (χ1) is 8.95. The fourth-order valence-electron chi connectivity index (χ4n) is 1.37. The number of nitrogen functional groups attached to an aromatic ring is 1. The van der Waals surface area contributed by atoms with Crippen molar-refractivity contribution in [2.24, 2.45) is 0 Å². The fraction of sp³-hybridized carbons (Fsp3) is 0.455. The summed E-state index contributed by atoms with van der Waals surface area (Å²) in [6, 6.07) is 0.414. The van der Waals surface area contributed by atoms with Crippen molar-refractivity contribution in [1.29, 1.82) is 0 Å². The standard InChI is InChI=1S/C11H17N7O/c1-7(2)18-6-8(5-13-18)19-11-15-9(12)14-10(16-11)17(3)4/h5-7H,1-4H3,(H2,12,14,15,16). The molecular formula is C11H17N7O. The molecule has 0 amide bonds. The van der Waals surface area contributed by atoms with E-state index in [1.807, 2.05) is 27.9 Å². The zero-order chi connectivity index (χ0) is 14.0. The van der Waals surface area contributed by atoms with Crippen molar-refractivity contribution in [2.75, 3.05) is 24.7 Å². The van der Waals surface area contributed by atoms with Gasteiger partial charge in [0.2, 0.25) is 11.9 Å². The van der Waals surface area contributed by atoms with E-state index in [1.54, 1.807) is 22.0 Å². The third-order valence-corrected chi connectivity index (χ3v) is 2.34. The Morgan fingerprint density at radius 1 is 1.26 bits per heavy atom. The normalized spacial score (nSPS) is 10.8. The predicted molar refractivity (Wildman–Crippen MR) is 71.3 cm³/mol. The summed E-state index contributed by atoms with van der Waals surface area (Å²) in [6.07, 6.45) is 3.38. The lowest BCUT2D eigenvalue weighted by Gasteiger charge is -2.10. The minimum Gasteiger partial charge on any atom is -0.421 e. The van der Waals surface area contributed by atoms with Gasteiger partial charge < -0.3 is 15.4 Å². The molecule has 0 radical (unpaired) electrons. The number of hydrogen-bond donors (Lipinski definition) is 1. The van der Waals surface area contributed by atoms with Crippen molar-refractivity contribution in [3.8, 4) is 11.8 Å². The van der Waals surface area contributed by atoms with Crippen molar-refractivity contribution in [3.05, 3.63) is 12.4 Å². The minimum absolute atomic E-state index is 0.116. The summed E-state index contributed by atoms with van der Waals surface area (Å²) in [5, 5.41) is 4.17. The summed E-state index contributed by atoms with van der Waals surface area (Å²) < 4.78 is 7.31. The SMILES string of the molecule is CC(C)n1cc(Oc2nc(N)nc(N(C)C)n2)cn1. The second kappa shape index (κ2) is 5.09. The number of anilines is 2. The molecule has 0 saturated carbocycles. The van der Waals surface area contributed by atoms with Gasteiger partial charge in [0.15, 0.2) is 5.75 Å². The van der Waals surface area contributed by atoms with E-state index >= 15 is 0 Å². The van der Waals surface area contributed by atoms with Gasteiger partial charge in [-0.05, 0) is 13.8 Å². The molecule has 2 N–H and O–H groups in total. The van der Waals surface area contributed by atoms with Crippen LogP contribution >= 0.6 is 0 Å². The molecule has 2 aromatic heterocycles. The second-order valence-electron chi connectivity index (χ2n) is 4.52. The highest BCUT2D eigenvalue weighted by Crippen LogP contribution is 2.20. The first-order valence-electron chi connectivity index (χ1n) is 5.86. The summed E-state index contributed by atoms with van der Waals surface area (Å²) in [5.41, 5.74) is 5.61. The molecular weight excluding hydrogens is 246 g/mol. The first-order valence-corrected chi connectivity index (χ1v) is 5.86. The topological polar surface area (TPSA) is 95.0 Å². The van der Waals surface area contributed by atoms with E-state index in [9.17, 15) is 0 Å². The van der Waals surface area contributed by atoms with Crippen molar-refractivity contribution >= 4 is 11.9 Å². The zero-order valence-corrected chi connectivity index (χ0v) is 11.4. The maximum atomic E-state index is 5.61. The molecule has 0 fully saturated rings. The number of nitrogens with zero attached hydrogens (tertiary/aromatic N) is 6. The average Bonchev–Trinajstić information content (AvgIpc) is 2.76. The zero-order valence-electron chi connectivity index (χ0n) is 11.4. The molecule has 2 rings (SSSR count). The Kier molecular flexibility index (Phi) is 3.50. The molecule has 0 aliphatic heterocycles. The third kappa shape index (κ3) is 3.09. The minimum atomic E-state index is 0.116. The molecule has 19 heavy (non-hydrogen) atoms. The first kappa shape index (κ1) is 13.1. The van der Waals surface area contributed by atoms with E-state index < -0.39 is 0 Å². The van der Waals surface area contributed by atoms with Crippen LogP contribution < -0.4 is 15.4 Å². The Labute approximate surface area is 111 Å². The van der Waals surface area contributed by atoms with Crippen LogP contribution in [-0.4, -0.2) is 38.8 Å². The van der Waals surface area contributed by atoms with Crippen LogP contribution in [0, 0.1) is 0 Å². The Morgan fingerprint density at radius 2 is 2.00 bits per heavy atom. The number of ether oxygens (including phenoxy) is 1. The molecule has 0 saturated heterocycles. The van der Waals surface area contributed by atoms with Crippen molar-refractivity contribution in [3.63, 3.8) is 0 Å². The molecule has 0 bridgehead atoms. The van der Waals surface area contributed by atoms with E-state index in [-0.39, 0.29) is 18.0 Å². The van der Waals surface area contributed by atoms with Gasteiger partial charge in [0.1, 0.15) is 0 Å². The van der Waals surface area contributed by atoms with Gasteiger partial charge in [0.25, 0.3) is 0 Å². The highest BCUT2D eigenvalue weighted by atomic mass is 16.5. The van der Waals surface area contributed by atoms with Crippen LogP contribution in [0.25, 0.3) is 0 Å². The Balaban J connectivity index is 2.22. The number of hydrogen-bond acceptors (Lipinski definition) is 7. The van der Waals surface area contributed by atoms with E-state index in [0.717, 1.165) is 0 Å². The molecule has 0 aromatic carbocycles. The largest absolute Gasteiger partial charge is 0.421 e.